The van der Waals surface area contributed by atoms with Gasteiger partial charge in [-0.1, -0.05) is 0 Å². The van der Waals surface area contributed by atoms with Crippen molar-refractivity contribution in [3.05, 3.63) is 42.1 Å². The van der Waals surface area contributed by atoms with Crippen LogP contribution in [0, 0.1) is 17.1 Å². The van der Waals surface area contributed by atoms with E-state index in [1.54, 1.807) is 6.07 Å². The fraction of sp³-hybridized carbons (Fsp3) is 0.300. The molecular weight excluding hydrogens is 405 g/mol. The quantitative estimate of drug-likeness (QED) is 0.520. The second kappa shape index (κ2) is 9.38. The Balaban J connectivity index is 1.58. The molecule has 0 radical (unpaired) electrons. The molecule has 1 atom stereocenters. The molecule has 31 heavy (non-hydrogen) atoms. The van der Waals surface area contributed by atoms with Gasteiger partial charge in [0.25, 0.3) is 0 Å². The van der Waals surface area contributed by atoms with Crippen LogP contribution in [-0.2, 0) is 4.74 Å². The number of halogens is 1. The second-order valence-corrected chi connectivity index (χ2v) is 6.68. The molecule has 1 fully saturated rings. The summed E-state index contributed by atoms with van der Waals surface area (Å²) in [7, 11) is 1.46. The van der Waals surface area contributed by atoms with E-state index in [4.69, 9.17) is 19.5 Å². The summed E-state index contributed by atoms with van der Waals surface area (Å²) in [5, 5.41) is 22.1. The SMILES string of the molecule is COc1cc(F)cc(OC[C@@H]2CNCCO2)c1-c1cc(Nc2cnc(C#N)cn2)n[nH]1. The van der Waals surface area contributed by atoms with E-state index in [0.29, 0.717) is 47.5 Å². The smallest absolute Gasteiger partial charge is 0.158 e. The summed E-state index contributed by atoms with van der Waals surface area (Å²) in [6, 6.07) is 6.20. The zero-order chi connectivity index (χ0) is 21.6. The van der Waals surface area contributed by atoms with Crippen molar-refractivity contribution in [2.45, 2.75) is 6.10 Å². The zero-order valence-electron chi connectivity index (χ0n) is 16.7. The molecule has 160 valence electrons. The van der Waals surface area contributed by atoms with Gasteiger partial charge in [0.1, 0.15) is 41.9 Å². The molecule has 1 aliphatic heterocycles. The first kappa shape index (κ1) is 20.5. The van der Waals surface area contributed by atoms with Crippen LogP contribution in [0.25, 0.3) is 11.3 Å². The first-order valence-electron chi connectivity index (χ1n) is 9.54. The molecule has 3 N–H and O–H groups in total. The van der Waals surface area contributed by atoms with Gasteiger partial charge in [-0.15, -0.1) is 0 Å². The molecule has 1 aliphatic rings. The van der Waals surface area contributed by atoms with Crippen molar-refractivity contribution < 1.29 is 18.6 Å². The molecule has 4 rings (SSSR count). The maximum absolute atomic E-state index is 14.2. The van der Waals surface area contributed by atoms with Crippen LogP contribution in [0.15, 0.2) is 30.6 Å². The van der Waals surface area contributed by atoms with Gasteiger partial charge in [0, 0.05) is 31.3 Å². The number of nitriles is 1. The fourth-order valence-corrected chi connectivity index (χ4v) is 3.10. The van der Waals surface area contributed by atoms with Gasteiger partial charge >= 0.3 is 0 Å². The van der Waals surface area contributed by atoms with Gasteiger partial charge in [0.15, 0.2) is 11.5 Å². The lowest BCUT2D eigenvalue weighted by Gasteiger charge is -2.24. The van der Waals surface area contributed by atoms with E-state index in [0.717, 1.165) is 6.54 Å². The van der Waals surface area contributed by atoms with Crippen LogP contribution in [-0.4, -0.2) is 59.7 Å². The number of nitrogens with one attached hydrogen (secondary N) is 3. The molecule has 2 aromatic heterocycles. The Bertz CT molecular complexity index is 1080. The molecule has 10 nitrogen and oxygen atoms in total. The Labute approximate surface area is 177 Å². The Morgan fingerprint density at radius 2 is 2.13 bits per heavy atom. The summed E-state index contributed by atoms with van der Waals surface area (Å²) in [4.78, 5) is 8.06. The minimum Gasteiger partial charge on any atom is -0.496 e. The summed E-state index contributed by atoms with van der Waals surface area (Å²) in [6.45, 7) is 2.31. The molecule has 1 aromatic carbocycles. The van der Waals surface area contributed by atoms with E-state index in [1.807, 2.05) is 6.07 Å². The number of ether oxygens (including phenoxy) is 3. The van der Waals surface area contributed by atoms with Crippen molar-refractivity contribution in [2.24, 2.45) is 0 Å². The molecule has 11 heteroatoms. The Morgan fingerprint density at radius 3 is 2.84 bits per heavy atom. The second-order valence-electron chi connectivity index (χ2n) is 6.68. The average molecular weight is 425 g/mol. The average Bonchev–Trinajstić information content (AvgIpc) is 3.26. The largest absolute Gasteiger partial charge is 0.496 e. The number of nitrogens with zero attached hydrogens (tertiary/aromatic N) is 4. The number of rotatable bonds is 7. The van der Waals surface area contributed by atoms with Crippen LogP contribution in [0.2, 0.25) is 0 Å². The van der Waals surface area contributed by atoms with Gasteiger partial charge in [-0.05, 0) is 0 Å². The number of anilines is 2. The topological polar surface area (TPSA) is 130 Å². The summed E-state index contributed by atoms with van der Waals surface area (Å²) in [5.41, 5.74) is 1.29. The highest BCUT2D eigenvalue weighted by molar-refractivity contribution is 5.76. The van der Waals surface area contributed by atoms with E-state index in [9.17, 15) is 4.39 Å². The molecule has 0 unspecified atom stereocenters. The lowest BCUT2D eigenvalue weighted by Crippen LogP contribution is -2.41. The van der Waals surface area contributed by atoms with E-state index in [-0.39, 0.29) is 18.4 Å². The minimum atomic E-state index is -0.482. The molecule has 0 spiro atoms. The predicted octanol–water partition coefficient (Wildman–Crippen LogP) is 2.00. The van der Waals surface area contributed by atoms with Gasteiger partial charge < -0.3 is 24.8 Å². The maximum Gasteiger partial charge on any atom is 0.158 e. The Kier molecular flexibility index (Phi) is 6.21. The van der Waals surface area contributed by atoms with E-state index in [1.165, 1.54) is 31.6 Å². The van der Waals surface area contributed by atoms with Crippen molar-refractivity contribution >= 4 is 11.6 Å². The van der Waals surface area contributed by atoms with Crippen molar-refractivity contribution in [1.29, 1.82) is 5.26 Å². The third-order valence-corrected chi connectivity index (χ3v) is 4.55. The molecule has 0 amide bonds. The lowest BCUT2D eigenvalue weighted by atomic mass is 10.1. The lowest BCUT2D eigenvalue weighted by molar-refractivity contribution is 0.000221. The summed E-state index contributed by atoms with van der Waals surface area (Å²) >= 11 is 0. The van der Waals surface area contributed by atoms with Crippen molar-refractivity contribution in [2.75, 3.05) is 38.7 Å². The molecular formula is C20H20FN7O3. The van der Waals surface area contributed by atoms with Crippen LogP contribution in [0.5, 0.6) is 11.5 Å². The standard InChI is InChI=1S/C20H20FN7O3/c1-29-16-4-12(21)5-17(31-11-14-9-23-2-3-30-14)20(16)15-6-18(28-27-15)26-19-10-24-13(7-22)8-25-19/h4-6,8,10,14,23H,2-3,9,11H2,1H3,(H2,25,26,27,28)/t14-/m0/s1. The summed E-state index contributed by atoms with van der Waals surface area (Å²) in [5.74, 6) is 0.988. The summed E-state index contributed by atoms with van der Waals surface area (Å²) < 4.78 is 31.1. The molecule has 3 heterocycles. The predicted molar refractivity (Wildman–Crippen MR) is 109 cm³/mol. The number of morpholine rings is 1. The van der Waals surface area contributed by atoms with Crippen LogP contribution in [0.1, 0.15) is 5.69 Å². The normalized spacial score (nSPS) is 15.8. The molecule has 3 aromatic rings. The number of benzene rings is 1. The monoisotopic (exact) mass is 425 g/mol. The highest BCUT2D eigenvalue weighted by atomic mass is 19.1. The number of methoxy groups -OCH3 is 1. The highest BCUT2D eigenvalue weighted by Gasteiger charge is 2.20. The van der Waals surface area contributed by atoms with Crippen LogP contribution in [0.4, 0.5) is 16.0 Å². The summed E-state index contributed by atoms with van der Waals surface area (Å²) in [6.07, 6.45) is 2.65. The van der Waals surface area contributed by atoms with Gasteiger partial charge in [-0.25, -0.2) is 14.4 Å². The first-order chi connectivity index (χ1) is 15.2. The van der Waals surface area contributed by atoms with Crippen LogP contribution < -0.4 is 20.1 Å². The van der Waals surface area contributed by atoms with Crippen LogP contribution in [0.3, 0.4) is 0 Å². The Hall–Kier alpha value is -3.75. The minimum absolute atomic E-state index is 0.134. The van der Waals surface area contributed by atoms with Crippen molar-refractivity contribution in [1.82, 2.24) is 25.5 Å². The molecule has 0 saturated carbocycles. The van der Waals surface area contributed by atoms with Gasteiger partial charge in [-0.3, -0.25) is 5.10 Å². The molecule has 0 aliphatic carbocycles. The fourth-order valence-electron chi connectivity index (χ4n) is 3.10. The van der Waals surface area contributed by atoms with Crippen LogP contribution >= 0.6 is 0 Å². The maximum atomic E-state index is 14.2. The van der Waals surface area contributed by atoms with Gasteiger partial charge in [0.05, 0.1) is 37.4 Å². The van der Waals surface area contributed by atoms with Gasteiger partial charge in [0.2, 0.25) is 0 Å². The van der Waals surface area contributed by atoms with E-state index >= 15 is 0 Å². The molecule has 1 saturated heterocycles. The number of hydrogen-bond acceptors (Lipinski definition) is 9. The van der Waals surface area contributed by atoms with Gasteiger partial charge in [-0.2, -0.15) is 10.4 Å². The third-order valence-electron chi connectivity index (χ3n) is 4.55. The number of aromatic amines is 1. The highest BCUT2D eigenvalue weighted by Crippen LogP contribution is 2.39. The third kappa shape index (κ3) is 4.88. The van der Waals surface area contributed by atoms with Crippen molar-refractivity contribution in [3.63, 3.8) is 0 Å². The zero-order valence-corrected chi connectivity index (χ0v) is 16.7. The number of H-pyrrole nitrogens is 1. The van der Waals surface area contributed by atoms with Crippen molar-refractivity contribution in [3.8, 4) is 28.8 Å². The number of hydrogen-bond donors (Lipinski definition) is 3. The molecule has 0 bridgehead atoms. The number of aromatic nitrogens is 4. The Morgan fingerprint density at radius 1 is 1.26 bits per heavy atom. The van der Waals surface area contributed by atoms with E-state index in [2.05, 4.69) is 30.8 Å². The van der Waals surface area contributed by atoms with E-state index < -0.39 is 5.82 Å². The first-order valence-corrected chi connectivity index (χ1v) is 9.54.